The minimum atomic E-state index is -0.291. The second-order valence-corrected chi connectivity index (χ2v) is 6.13. The van der Waals surface area contributed by atoms with Gasteiger partial charge in [0, 0.05) is 6.04 Å². The second kappa shape index (κ2) is 10.6. The van der Waals surface area contributed by atoms with Gasteiger partial charge in [0.2, 0.25) is 0 Å². The van der Waals surface area contributed by atoms with Gasteiger partial charge in [-0.2, -0.15) is 0 Å². The third-order valence-electron chi connectivity index (χ3n) is 4.29. The van der Waals surface area contributed by atoms with Crippen LogP contribution in [0.5, 0.6) is 0 Å². The van der Waals surface area contributed by atoms with Gasteiger partial charge in [-0.05, 0) is 44.1 Å². The van der Waals surface area contributed by atoms with Gasteiger partial charge in [-0.25, -0.2) is 4.79 Å². The van der Waals surface area contributed by atoms with Crippen LogP contribution in [0.1, 0.15) is 28.8 Å². The molecule has 1 fully saturated rings. The summed E-state index contributed by atoms with van der Waals surface area (Å²) >= 11 is 0. The lowest BCUT2D eigenvalue weighted by atomic mass is 10.2. The molecule has 0 aliphatic carbocycles. The Hall–Kier alpha value is -2.17. The number of benzene rings is 2. The van der Waals surface area contributed by atoms with Crippen molar-refractivity contribution in [2.75, 3.05) is 27.3 Å². The van der Waals surface area contributed by atoms with E-state index in [0.717, 1.165) is 13.2 Å². The van der Waals surface area contributed by atoms with Gasteiger partial charge >= 0.3 is 5.97 Å². The van der Waals surface area contributed by atoms with E-state index in [2.05, 4.69) is 40.9 Å². The third kappa shape index (κ3) is 6.69. The van der Waals surface area contributed by atoms with E-state index >= 15 is 0 Å². The van der Waals surface area contributed by atoms with Crippen LogP contribution in [0, 0.1) is 0 Å². The van der Waals surface area contributed by atoms with Crippen LogP contribution >= 0.6 is 0 Å². The Morgan fingerprint density at radius 3 is 2.28 bits per heavy atom. The molecule has 1 aliphatic heterocycles. The van der Waals surface area contributed by atoms with Crippen molar-refractivity contribution < 1.29 is 14.3 Å². The molecule has 134 valence electrons. The first-order valence-electron chi connectivity index (χ1n) is 8.66. The second-order valence-electron chi connectivity index (χ2n) is 6.13. The number of nitrogens with zero attached hydrogens (tertiary/aromatic N) is 1. The van der Waals surface area contributed by atoms with Crippen LogP contribution in [0.3, 0.4) is 0 Å². The Morgan fingerprint density at radius 2 is 1.72 bits per heavy atom. The van der Waals surface area contributed by atoms with E-state index in [1.807, 2.05) is 12.1 Å². The van der Waals surface area contributed by atoms with Gasteiger partial charge in [0.25, 0.3) is 0 Å². The molecular formula is C21H27NO3. The molecule has 1 unspecified atom stereocenters. The molecule has 0 amide bonds. The van der Waals surface area contributed by atoms with Crippen molar-refractivity contribution >= 4 is 5.97 Å². The lowest BCUT2D eigenvalue weighted by molar-refractivity contribution is 0.0600. The molecular weight excluding hydrogens is 314 g/mol. The molecule has 2 aromatic carbocycles. The Labute approximate surface area is 150 Å². The van der Waals surface area contributed by atoms with Crippen LogP contribution in [0.4, 0.5) is 0 Å². The van der Waals surface area contributed by atoms with Gasteiger partial charge in [-0.15, -0.1) is 0 Å². The molecule has 1 atom stereocenters. The number of methoxy groups -OCH3 is 1. The standard InChI is InChI=1S/C13H19NO.C8H8O2/c1-14-9-5-8-13(14)11-15-10-12-6-3-2-4-7-12;1-10-8(9)7-5-3-2-4-6-7/h2-4,6-7,13H,5,8-11H2,1H3;2-6H,1H3. The molecule has 1 aliphatic rings. The van der Waals surface area contributed by atoms with E-state index < -0.39 is 0 Å². The van der Waals surface area contributed by atoms with Crippen molar-refractivity contribution in [2.45, 2.75) is 25.5 Å². The zero-order chi connectivity index (χ0) is 17.9. The average molecular weight is 341 g/mol. The number of ether oxygens (including phenoxy) is 2. The van der Waals surface area contributed by atoms with E-state index in [0.29, 0.717) is 11.6 Å². The molecule has 4 nitrogen and oxygen atoms in total. The summed E-state index contributed by atoms with van der Waals surface area (Å²) < 4.78 is 10.2. The Kier molecular flexibility index (Phi) is 8.16. The normalized spacial score (nSPS) is 16.8. The van der Waals surface area contributed by atoms with Gasteiger partial charge in [-0.1, -0.05) is 48.5 Å². The minimum Gasteiger partial charge on any atom is -0.465 e. The molecule has 1 saturated heterocycles. The number of hydrogen-bond donors (Lipinski definition) is 0. The molecule has 25 heavy (non-hydrogen) atoms. The number of carbonyl (C=O) groups excluding carboxylic acids is 1. The Morgan fingerprint density at radius 1 is 1.08 bits per heavy atom. The number of rotatable bonds is 5. The van der Waals surface area contributed by atoms with Crippen molar-refractivity contribution in [2.24, 2.45) is 0 Å². The minimum absolute atomic E-state index is 0.291. The summed E-state index contributed by atoms with van der Waals surface area (Å²) in [5.74, 6) is -0.291. The van der Waals surface area contributed by atoms with Gasteiger partial charge in [0.05, 0.1) is 25.9 Å². The van der Waals surface area contributed by atoms with Crippen LogP contribution in [0.15, 0.2) is 60.7 Å². The highest BCUT2D eigenvalue weighted by Crippen LogP contribution is 2.15. The zero-order valence-corrected chi connectivity index (χ0v) is 15.1. The maximum Gasteiger partial charge on any atom is 0.337 e. The van der Waals surface area contributed by atoms with Crippen LogP contribution in [-0.2, 0) is 16.1 Å². The number of carbonyl (C=O) groups is 1. The van der Waals surface area contributed by atoms with E-state index in [1.54, 1.807) is 24.3 Å². The summed E-state index contributed by atoms with van der Waals surface area (Å²) in [5, 5.41) is 0. The van der Waals surface area contributed by atoms with Gasteiger partial charge in [0.1, 0.15) is 0 Å². The summed E-state index contributed by atoms with van der Waals surface area (Å²) in [5.41, 5.74) is 1.85. The number of likely N-dealkylation sites (N-methyl/N-ethyl adjacent to an activating group) is 1. The number of likely N-dealkylation sites (tertiary alicyclic amines) is 1. The fourth-order valence-corrected chi connectivity index (χ4v) is 2.77. The molecule has 0 radical (unpaired) electrons. The Bertz CT molecular complexity index is 616. The molecule has 0 N–H and O–H groups in total. The van der Waals surface area contributed by atoms with Crippen molar-refractivity contribution in [1.29, 1.82) is 0 Å². The third-order valence-corrected chi connectivity index (χ3v) is 4.29. The quantitative estimate of drug-likeness (QED) is 0.776. The molecule has 1 heterocycles. The van der Waals surface area contributed by atoms with E-state index in [4.69, 9.17) is 4.74 Å². The average Bonchev–Trinajstić information content (AvgIpc) is 3.08. The van der Waals surface area contributed by atoms with Gasteiger partial charge in [0.15, 0.2) is 0 Å². The first-order chi connectivity index (χ1) is 12.2. The summed E-state index contributed by atoms with van der Waals surface area (Å²) in [4.78, 5) is 13.2. The van der Waals surface area contributed by atoms with Crippen molar-refractivity contribution in [3.63, 3.8) is 0 Å². The van der Waals surface area contributed by atoms with Crippen LogP contribution < -0.4 is 0 Å². The molecule has 0 saturated carbocycles. The van der Waals surface area contributed by atoms with Crippen molar-refractivity contribution in [3.05, 3.63) is 71.8 Å². The summed E-state index contributed by atoms with van der Waals surface area (Å²) in [6.07, 6.45) is 2.60. The SMILES string of the molecule is CN1CCCC1COCc1ccccc1.COC(=O)c1ccccc1. The Balaban J connectivity index is 0.000000196. The molecule has 0 bridgehead atoms. The van der Waals surface area contributed by atoms with Crippen LogP contribution in [0.25, 0.3) is 0 Å². The highest BCUT2D eigenvalue weighted by Gasteiger charge is 2.20. The lowest BCUT2D eigenvalue weighted by Crippen LogP contribution is -2.29. The van der Waals surface area contributed by atoms with Gasteiger partial charge in [-0.3, -0.25) is 0 Å². The zero-order valence-electron chi connectivity index (χ0n) is 15.1. The van der Waals surface area contributed by atoms with Crippen molar-refractivity contribution in [3.8, 4) is 0 Å². The fraction of sp³-hybridized carbons (Fsp3) is 0.381. The predicted molar refractivity (Wildman–Crippen MR) is 99.5 cm³/mol. The molecule has 2 aromatic rings. The monoisotopic (exact) mass is 341 g/mol. The number of esters is 1. The van der Waals surface area contributed by atoms with Crippen molar-refractivity contribution in [1.82, 2.24) is 4.90 Å². The maximum atomic E-state index is 10.8. The molecule has 3 rings (SSSR count). The van der Waals surface area contributed by atoms with E-state index in [1.165, 1.54) is 32.1 Å². The maximum absolute atomic E-state index is 10.8. The smallest absolute Gasteiger partial charge is 0.337 e. The lowest BCUT2D eigenvalue weighted by Gasteiger charge is -2.19. The molecule has 0 spiro atoms. The van der Waals surface area contributed by atoms with E-state index in [-0.39, 0.29) is 5.97 Å². The first kappa shape index (κ1) is 19.2. The number of hydrogen-bond acceptors (Lipinski definition) is 4. The summed E-state index contributed by atoms with van der Waals surface area (Å²) in [6, 6.07) is 19.9. The van der Waals surface area contributed by atoms with E-state index in [9.17, 15) is 4.79 Å². The summed E-state index contributed by atoms with van der Waals surface area (Å²) in [7, 11) is 3.55. The van der Waals surface area contributed by atoms with Crippen LogP contribution in [0.2, 0.25) is 0 Å². The first-order valence-corrected chi connectivity index (χ1v) is 8.66. The highest BCUT2D eigenvalue weighted by molar-refractivity contribution is 5.89. The van der Waals surface area contributed by atoms with Gasteiger partial charge < -0.3 is 14.4 Å². The summed E-state index contributed by atoms with van der Waals surface area (Å²) in [6.45, 7) is 2.83. The topological polar surface area (TPSA) is 38.8 Å². The fourth-order valence-electron chi connectivity index (χ4n) is 2.77. The predicted octanol–water partition coefficient (Wildman–Crippen LogP) is 3.77. The van der Waals surface area contributed by atoms with Crippen LogP contribution in [-0.4, -0.2) is 44.2 Å². The molecule has 0 aromatic heterocycles. The largest absolute Gasteiger partial charge is 0.465 e. The highest BCUT2D eigenvalue weighted by atomic mass is 16.5. The molecule has 4 heteroatoms.